The fourth-order valence-electron chi connectivity index (χ4n) is 4.05. The van der Waals surface area contributed by atoms with Gasteiger partial charge < -0.3 is 15.5 Å². The van der Waals surface area contributed by atoms with Crippen molar-refractivity contribution < 1.29 is 0 Å². The van der Waals surface area contributed by atoms with E-state index < -0.39 is 0 Å². The second-order valence-corrected chi connectivity index (χ2v) is 7.44. The second-order valence-electron chi connectivity index (χ2n) is 7.44. The zero-order valence-electron chi connectivity index (χ0n) is 17.7. The average Bonchev–Trinajstić information content (AvgIpc) is 3.15. The largest absolute Gasteiger partial charge is 0.356 e. The molecule has 5 nitrogen and oxygen atoms in total. The highest BCUT2D eigenvalue weighted by Crippen LogP contribution is 2.19. The van der Waals surface area contributed by atoms with Crippen molar-refractivity contribution in [3.8, 4) is 0 Å². The summed E-state index contributed by atoms with van der Waals surface area (Å²) in [6, 6.07) is 11.1. The van der Waals surface area contributed by atoms with Gasteiger partial charge in [-0.3, -0.25) is 9.89 Å². The topological polar surface area (TPSA) is 42.9 Å². The third-order valence-corrected chi connectivity index (χ3v) is 5.59. The van der Waals surface area contributed by atoms with Gasteiger partial charge in [-0.1, -0.05) is 51.1 Å². The van der Waals surface area contributed by atoms with Crippen LogP contribution in [-0.4, -0.2) is 68.6 Å². The molecule has 27 heavy (non-hydrogen) atoms. The monoisotopic (exact) mass is 373 g/mol. The second kappa shape index (κ2) is 12.0. The van der Waals surface area contributed by atoms with Crippen molar-refractivity contribution in [3.05, 3.63) is 35.9 Å². The molecule has 1 heterocycles. The Balaban J connectivity index is 1.87. The lowest BCUT2D eigenvalue weighted by atomic mass is 10.1. The minimum absolute atomic E-state index is 0.353. The minimum Gasteiger partial charge on any atom is -0.356 e. The molecule has 0 spiro atoms. The summed E-state index contributed by atoms with van der Waals surface area (Å²) >= 11 is 0. The van der Waals surface area contributed by atoms with Gasteiger partial charge in [0, 0.05) is 26.7 Å². The van der Waals surface area contributed by atoms with Crippen LogP contribution in [0.3, 0.4) is 0 Å². The van der Waals surface area contributed by atoms with E-state index in [9.17, 15) is 0 Å². The zero-order valence-corrected chi connectivity index (χ0v) is 17.7. The van der Waals surface area contributed by atoms with Crippen LogP contribution >= 0.6 is 0 Å². The molecule has 0 amide bonds. The van der Waals surface area contributed by atoms with Crippen molar-refractivity contribution >= 4 is 5.96 Å². The molecule has 2 N–H and O–H groups in total. The van der Waals surface area contributed by atoms with Crippen LogP contribution in [0, 0.1) is 5.92 Å². The van der Waals surface area contributed by atoms with Crippen molar-refractivity contribution in [3.63, 3.8) is 0 Å². The van der Waals surface area contributed by atoms with E-state index in [4.69, 9.17) is 0 Å². The summed E-state index contributed by atoms with van der Waals surface area (Å²) in [5, 5.41) is 7.11. The maximum absolute atomic E-state index is 4.44. The summed E-state index contributed by atoms with van der Waals surface area (Å²) in [5.74, 6) is 1.64. The van der Waals surface area contributed by atoms with E-state index in [2.05, 4.69) is 76.5 Å². The van der Waals surface area contributed by atoms with Gasteiger partial charge in [-0.15, -0.1) is 0 Å². The summed E-state index contributed by atoms with van der Waals surface area (Å²) in [7, 11) is 1.86. The first-order valence-electron chi connectivity index (χ1n) is 10.7. The molecule has 0 aliphatic carbocycles. The van der Waals surface area contributed by atoms with Crippen LogP contribution in [0.2, 0.25) is 0 Å². The molecule has 1 aliphatic heterocycles. The van der Waals surface area contributed by atoms with Crippen LogP contribution in [-0.2, 0) is 0 Å². The zero-order chi connectivity index (χ0) is 19.5. The Labute approximate surface area is 166 Å². The first-order valence-corrected chi connectivity index (χ1v) is 10.7. The maximum Gasteiger partial charge on any atom is 0.191 e. The van der Waals surface area contributed by atoms with E-state index in [1.807, 2.05) is 7.05 Å². The van der Waals surface area contributed by atoms with Crippen LogP contribution < -0.4 is 10.6 Å². The molecule has 2 unspecified atom stereocenters. The normalized spacial score (nSPS) is 19.4. The number of likely N-dealkylation sites (N-methyl/N-ethyl adjacent to an activating group) is 1. The Morgan fingerprint density at radius 1 is 1.19 bits per heavy atom. The van der Waals surface area contributed by atoms with Crippen molar-refractivity contribution in [1.82, 2.24) is 20.4 Å². The highest BCUT2D eigenvalue weighted by Gasteiger charge is 2.22. The number of hydrogen-bond donors (Lipinski definition) is 2. The minimum atomic E-state index is 0.353. The molecule has 5 heteroatoms. The molecule has 0 saturated carbocycles. The third kappa shape index (κ3) is 6.82. The lowest BCUT2D eigenvalue weighted by Crippen LogP contribution is -2.44. The van der Waals surface area contributed by atoms with Crippen molar-refractivity contribution in [2.45, 2.75) is 39.7 Å². The van der Waals surface area contributed by atoms with E-state index >= 15 is 0 Å². The van der Waals surface area contributed by atoms with Crippen molar-refractivity contribution in [1.29, 1.82) is 0 Å². The standard InChI is InChI=1S/C22H39N5/c1-5-14-26-15-13-19(18-26)16-24-22(23-4)25-17-21(27(6-2)7-3)20-11-9-8-10-12-20/h8-12,19,21H,5-7,13-18H2,1-4H3,(H2,23,24,25). The molecule has 1 fully saturated rings. The Hall–Kier alpha value is -1.59. The number of aliphatic imine (C=N–C) groups is 1. The Bertz CT molecular complexity index is 541. The molecule has 1 saturated heterocycles. The van der Waals surface area contributed by atoms with Gasteiger partial charge in [0.1, 0.15) is 0 Å². The Kier molecular flexibility index (Phi) is 9.64. The Morgan fingerprint density at radius 2 is 1.93 bits per heavy atom. The molecule has 152 valence electrons. The number of benzene rings is 1. The Morgan fingerprint density at radius 3 is 2.56 bits per heavy atom. The van der Waals surface area contributed by atoms with Crippen molar-refractivity contribution in [2.24, 2.45) is 10.9 Å². The third-order valence-electron chi connectivity index (χ3n) is 5.59. The molecule has 2 atom stereocenters. The van der Waals surface area contributed by atoms with Crippen LogP contribution in [0.1, 0.15) is 45.2 Å². The van der Waals surface area contributed by atoms with Crippen LogP contribution in [0.25, 0.3) is 0 Å². The van der Waals surface area contributed by atoms with Gasteiger partial charge in [0.15, 0.2) is 5.96 Å². The molecule has 2 rings (SSSR count). The predicted octanol–water partition coefficient (Wildman–Crippen LogP) is 2.97. The van der Waals surface area contributed by atoms with E-state index in [1.54, 1.807) is 0 Å². The molecule has 1 aromatic rings. The van der Waals surface area contributed by atoms with E-state index in [1.165, 1.54) is 38.0 Å². The van der Waals surface area contributed by atoms with Crippen LogP contribution in [0.5, 0.6) is 0 Å². The van der Waals surface area contributed by atoms with Gasteiger partial charge >= 0.3 is 0 Å². The number of hydrogen-bond acceptors (Lipinski definition) is 3. The predicted molar refractivity (Wildman–Crippen MR) is 116 cm³/mol. The van der Waals surface area contributed by atoms with Crippen LogP contribution in [0.4, 0.5) is 0 Å². The maximum atomic E-state index is 4.44. The summed E-state index contributed by atoms with van der Waals surface area (Å²) < 4.78 is 0. The fraction of sp³-hybridized carbons (Fsp3) is 0.682. The highest BCUT2D eigenvalue weighted by molar-refractivity contribution is 5.79. The van der Waals surface area contributed by atoms with Gasteiger partial charge in [0.2, 0.25) is 0 Å². The number of rotatable bonds is 10. The summed E-state index contributed by atoms with van der Waals surface area (Å²) in [6.45, 7) is 14.3. The number of likely N-dealkylation sites (tertiary alicyclic amines) is 1. The average molecular weight is 374 g/mol. The number of nitrogens with one attached hydrogen (secondary N) is 2. The molecule has 0 radical (unpaired) electrons. The van der Waals surface area contributed by atoms with E-state index in [-0.39, 0.29) is 0 Å². The number of guanidine groups is 1. The van der Waals surface area contributed by atoms with Gasteiger partial charge in [-0.25, -0.2) is 0 Å². The number of nitrogens with zero attached hydrogens (tertiary/aromatic N) is 3. The molecular weight excluding hydrogens is 334 g/mol. The van der Waals surface area contributed by atoms with Crippen LogP contribution in [0.15, 0.2) is 35.3 Å². The van der Waals surface area contributed by atoms with Gasteiger partial charge in [-0.05, 0) is 50.5 Å². The highest BCUT2D eigenvalue weighted by atomic mass is 15.2. The molecule has 0 aromatic heterocycles. The first kappa shape index (κ1) is 21.7. The quantitative estimate of drug-likeness (QED) is 0.489. The van der Waals surface area contributed by atoms with E-state index in [0.29, 0.717) is 6.04 Å². The summed E-state index contributed by atoms with van der Waals surface area (Å²) in [6.07, 6.45) is 2.53. The summed E-state index contributed by atoms with van der Waals surface area (Å²) in [4.78, 5) is 9.52. The van der Waals surface area contributed by atoms with E-state index in [0.717, 1.165) is 38.1 Å². The van der Waals surface area contributed by atoms with Gasteiger partial charge in [0.25, 0.3) is 0 Å². The molecule has 1 aliphatic rings. The first-order chi connectivity index (χ1) is 13.2. The smallest absolute Gasteiger partial charge is 0.191 e. The summed E-state index contributed by atoms with van der Waals surface area (Å²) in [5.41, 5.74) is 1.36. The SMILES string of the molecule is CCCN1CCC(CNC(=NC)NCC(c2ccccc2)N(CC)CC)C1. The fourth-order valence-corrected chi connectivity index (χ4v) is 4.05. The molecular formula is C22H39N5. The van der Waals surface area contributed by atoms with Gasteiger partial charge in [0.05, 0.1) is 6.04 Å². The van der Waals surface area contributed by atoms with Gasteiger partial charge in [-0.2, -0.15) is 0 Å². The molecule has 1 aromatic carbocycles. The molecule has 0 bridgehead atoms. The lowest BCUT2D eigenvalue weighted by Gasteiger charge is -2.31. The van der Waals surface area contributed by atoms with Crippen molar-refractivity contribution in [2.75, 3.05) is 52.9 Å². The lowest BCUT2D eigenvalue weighted by molar-refractivity contribution is 0.219.